The topological polar surface area (TPSA) is 126 Å². The van der Waals surface area contributed by atoms with E-state index in [1.807, 2.05) is 37.3 Å². The summed E-state index contributed by atoms with van der Waals surface area (Å²) >= 11 is 1.16. The highest BCUT2D eigenvalue weighted by atomic mass is 32.2. The van der Waals surface area contributed by atoms with Crippen LogP contribution in [0.25, 0.3) is 6.08 Å². The van der Waals surface area contributed by atoms with Crippen LogP contribution in [-0.2, 0) is 16.1 Å². The number of aromatic hydroxyl groups is 1. The molecule has 1 saturated heterocycles. The summed E-state index contributed by atoms with van der Waals surface area (Å²) in [5.74, 6) is 0.760. The Morgan fingerprint density at radius 3 is 2.65 bits per heavy atom. The molecule has 1 fully saturated rings. The molecule has 1 aromatic heterocycles. The molecule has 4 aromatic rings. The molecule has 218 valence electrons. The van der Waals surface area contributed by atoms with E-state index in [0.717, 1.165) is 17.3 Å². The SMILES string of the molecule is COc1cc(/C=N\N=C2\S/C(=C\c3ccccc3OCC(=O)Nc3ccc(C)cc3)C(=O)N2Cc2ccco2)ccc1O. The van der Waals surface area contributed by atoms with Crippen molar-refractivity contribution in [2.75, 3.05) is 19.0 Å². The fourth-order valence-electron chi connectivity index (χ4n) is 4.05. The Morgan fingerprint density at radius 2 is 1.88 bits per heavy atom. The Hall–Kier alpha value is -5.29. The first kappa shape index (κ1) is 29.2. The molecule has 0 unspecified atom stereocenters. The van der Waals surface area contributed by atoms with E-state index >= 15 is 0 Å². The van der Waals surface area contributed by atoms with Crippen molar-refractivity contribution in [2.24, 2.45) is 10.2 Å². The van der Waals surface area contributed by atoms with Gasteiger partial charge in [-0.3, -0.25) is 14.5 Å². The number of aryl methyl sites for hydroxylation is 1. The number of carbonyl (C=O) groups excluding carboxylic acids is 2. The van der Waals surface area contributed by atoms with E-state index in [0.29, 0.717) is 44.1 Å². The molecule has 0 bridgehead atoms. The first-order chi connectivity index (χ1) is 20.9. The minimum absolute atomic E-state index is 0.0125. The highest BCUT2D eigenvalue weighted by Crippen LogP contribution is 2.35. The zero-order valence-corrected chi connectivity index (χ0v) is 24.2. The number of para-hydroxylation sites is 1. The fraction of sp³-hybridized carbons (Fsp3) is 0.125. The first-order valence-electron chi connectivity index (χ1n) is 13.2. The Kier molecular flexibility index (Phi) is 9.23. The van der Waals surface area contributed by atoms with Gasteiger partial charge in [-0.15, -0.1) is 5.10 Å². The van der Waals surface area contributed by atoms with E-state index in [9.17, 15) is 14.7 Å². The van der Waals surface area contributed by atoms with Gasteiger partial charge in [0.05, 0.1) is 31.0 Å². The first-order valence-corrected chi connectivity index (χ1v) is 14.0. The molecular formula is C32H28N4O6S. The Balaban J connectivity index is 1.34. The summed E-state index contributed by atoms with van der Waals surface area (Å²) in [6, 6.07) is 22.9. The number of nitrogens with one attached hydrogen (secondary N) is 1. The second kappa shape index (κ2) is 13.6. The predicted octanol–water partition coefficient (Wildman–Crippen LogP) is 5.83. The van der Waals surface area contributed by atoms with Gasteiger partial charge in [0, 0.05) is 11.3 Å². The Bertz CT molecular complexity index is 1700. The molecule has 2 amide bonds. The number of phenolic OH excluding ortho intramolecular Hbond substituents is 1. The number of carbonyl (C=O) groups is 2. The molecule has 10 nitrogen and oxygen atoms in total. The van der Waals surface area contributed by atoms with Crippen LogP contribution in [0.3, 0.4) is 0 Å². The lowest BCUT2D eigenvalue weighted by atomic mass is 10.2. The molecule has 2 N–H and O–H groups in total. The largest absolute Gasteiger partial charge is 0.504 e. The number of amides is 2. The molecule has 5 rings (SSSR count). The smallest absolute Gasteiger partial charge is 0.267 e. The number of thioether (sulfide) groups is 1. The normalized spacial score (nSPS) is 15.0. The van der Waals surface area contributed by atoms with Gasteiger partial charge in [0.2, 0.25) is 0 Å². The molecule has 0 spiro atoms. The number of hydrogen-bond donors (Lipinski definition) is 2. The van der Waals surface area contributed by atoms with Crippen LogP contribution in [0.4, 0.5) is 5.69 Å². The number of amidine groups is 1. The van der Waals surface area contributed by atoms with Gasteiger partial charge in [-0.05, 0) is 78.9 Å². The van der Waals surface area contributed by atoms with Crippen molar-refractivity contribution in [3.05, 3.63) is 112 Å². The fourth-order valence-corrected chi connectivity index (χ4v) is 4.98. The number of hydrogen-bond acceptors (Lipinski definition) is 9. The van der Waals surface area contributed by atoms with E-state index in [4.69, 9.17) is 13.9 Å². The number of ether oxygens (including phenoxy) is 2. The van der Waals surface area contributed by atoms with Gasteiger partial charge in [-0.2, -0.15) is 5.10 Å². The third-order valence-electron chi connectivity index (χ3n) is 6.24. The number of methoxy groups -OCH3 is 1. The lowest BCUT2D eigenvalue weighted by molar-refractivity contribution is -0.122. The molecule has 0 atom stereocenters. The van der Waals surface area contributed by atoms with Gasteiger partial charge >= 0.3 is 0 Å². The Morgan fingerprint density at radius 1 is 1.07 bits per heavy atom. The molecule has 11 heteroatoms. The van der Waals surface area contributed by atoms with Gasteiger partial charge in [0.15, 0.2) is 23.3 Å². The number of nitrogens with zero attached hydrogens (tertiary/aromatic N) is 3. The molecule has 2 heterocycles. The highest BCUT2D eigenvalue weighted by Gasteiger charge is 2.34. The van der Waals surface area contributed by atoms with Crippen LogP contribution in [0, 0.1) is 6.92 Å². The predicted molar refractivity (Wildman–Crippen MR) is 166 cm³/mol. The average Bonchev–Trinajstić information content (AvgIpc) is 3.63. The van der Waals surface area contributed by atoms with Crippen molar-refractivity contribution in [1.29, 1.82) is 0 Å². The van der Waals surface area contributed by atoms with Crippen LogP contribution in [0.5, 0.6) is 17.2 Å². The second-order valence-corrected chi connectivity index (χ2v) is 10.4. The lowest BCUT2D eigenvalue weighted by Gasteiger charge is -2.12. The van der Waals surface area contributed by atoms with Crippen LogP contribution in [-0.4, -0.2) is 46.9 Å². The summed E-state index contributed by atoms with van der Waals surface area (Å²) in [6.45, 7) is 1.93. The monoisotopic (exact) mass is 596 g/mol. The molecule has 0 aliphatic carbocycles. The summed E-state index contributed by atoms with van der Waals surface area (Å²) in [7, 11) is 1.46. The number of rotatable bonds is 10. The van der Waals surface area contributed by atoms with E-state index < -0.39 is 0 Å². The molecule has 1 aliphatic heterocycles. The maximum Gasteiger partial charge on any atom is 0.267 e. The minimum atomic E-state index is -0.305. The summed E-state index contributed by atoms with van der Waals surface area (Å²) in [4.78, 5) is 27.9. The number of benzene rings is 3. The summed E-state index contributed by atoms with van der Waals surface area (Å²) in [6.07, 6.45) is 4.74. The van der Waals surface area contributed by atoms with Crippen molar-refractivity contribution in [3.63, 3.8) is 0 Å². The van der Waals surface area contributed by atoms with E-state index in [2.05, 4.69) is 15.5 Å². The van der Waals surface area contributed by atoms with Crippen LogP contribution < -0.4 is 14.8 Å². The third-order valence-corrected chi connectivity index (χ3v) is 7.23. The molecule has 1 aliphatic rings. The molecule has 3 aromatic carbocycles. The maximum atomic E-state index is 13.5. The molecule has 43 heavy (non-hydrogen) atoms. The third kappa shape index (κ3) is 7.52. The van der Waals surface area contributed by atoms with Crippen molar-refractivity contribution in [1.82, 2.24) is 4.90 Å². The van der Waals surface area contributed by atoms with E-state index in [1.165, 1.54) is 30.6 Å². The quantitative estimate of drug-likeness (QED) is 0.134. The van der Waals surface area contributed by atoms with Crippen LogP contribution in [0.2, 0.25) is 0 Å². The van der Waals surface area contributed by atoms with Crippen LogP contribution in [0.15, 0.2) is 105 Å². The maximum absolute atomic E-state index is 13.5. The number of phenols is 1. The van der Waals surface area contributed by atoms with Crippen LogP contribution >= 0.6 is 11.8 Å². The zero-order chi connectivity index (χ0) is 30.2. The van der Waals surface area contributed by atoms with Crippen molar-refractivity contribution < 1.29 is 28.6 Å². The van der Waals surface area contributed by atoms with Crippen molar-refractivity contribution >= 4 is 46.7 Å². The van der Waals surface area contributed by atoms with Crippen molar-refractivity contribution in [2.45, 2.75) is 13.5 Å². The summed E-state index contributed by atoms with van der Waals surface area (Å²) < 4.78 is 16.4. The summed E-state index contributed by atoms with van der Waals surface area (Å²) in [5, 5.41) is 21.5. The van der Waals surface area contributed by atoms with Gasteiger partial charge in [-0.1, -0.05) is 35.9 Å². The van der Waals surface area contributed by atoms with E-state index in [1.54, 1.807) is 48.5 Å². The minimum Gasteiger partial charge on any atom is -0.504 e. The molecule has 0 saturated carbocycles. The van der Waals surface area contributed by atoms with Crippen LogP contribution in [0.1, 0.15) is 22.5 Å². The Labute approximate surface area is 252 Å². The summed E-state index contributed by atoms with van der Waals surface area (Å²) in [5.41, 5.74) is 3.05. The van der Waals surface area contributed by atoms with Gasteiger partial charge in [0.1, 0.15) is 11.5 Å². The number of furan rings is 1. The average molecular weight is 597 g/mol. The van der Waals surface area contributed by atoms with Gasteiger partial charge < -0.3 is 24.3 Å². The standard InChI is InChI=1S/C32H28N4O6S/c1-21-9-12-24(13-10-21)34-30(38)20-42-27-8-4-3-6-23(27)17-29-31(39)36(19-25-7-5-15-41-25)32(43-29)35-33-18-22-11-14-26(37)28(16-22)40-2/h3-18,37H,19-20H2,1-2H3,(H,34,38)/b29-17-,33-18-,35-32+. The zero-order valence-electron chi connectivity index (χ0n) is 23.4. The van der Waals surface area contributed by atoms with Gasteiger partial charge in [-0.25, -0.2) is 0 Å². The van der Waals surface area contributed by atoms with Gasteiger partial charge in [0.25, 0.3) is 11.8 Å². The molecular weight excluding hydrogens is 568 g/mol. The highest BCUT2D eigenvalue weighted by molar-refractivity contribution is 8.18. The molecule has 0 radical (unpaired) electrons. The van der Waals surface area contributed by atoms with E-state index in [-0.39, 0.29) is 30.7 Å². The lowest BCUT2D eigenvalue weighted by Crippen LogP contribution is -2.28. The number of anilines is 1. The van der Waals surface area contributed by atoms with Crippen molar-refractivity contribution in [3.8, 4) is 17.2 Å². The second-order valence-electron chi connectivity index (χ2n) is 9.38.